The fourth-order valence-electron chi connectivity index (χ4n) is 1.34. The molecule has 92 valence electrons. The van der Waals surface area contributed by atoms with Crippen LogP contribution in [0.15, 0.2) is 36.5 Å². The zero-order chi connectivity index (χ0) is 13.1. The Bertz CT molecular complexity index is 584. The van der Waals surface area contributed by atoms with Gasteiger partial charge in [-0.15, -0.1) is 0 Å². The van der Waals surface area contributed by atoms with E-state index >= 15 is 0 Å². The minimum absolute atomic E-state index is 0.111. The van der Waals surface area contributed by atoms with Crippen molar-refractivity contribution in [2.45, 2.75) is 0 Å². The largest absolute Gasteiger partial charge is 0.396 e. The first-order valence-electron chi connectivity index (χ1n) is 5.04. The number of benzene rings is 1. The number of nitrogen functional groups attached to an aromatic ring is 1. The van der Waals surface area contributed by atoms with E-state index in [1.165, 1.54) is 24.4 Å². The number of hydrogen-bond donors (Lipinski definition) is 2. The molecule has 2 rings (SSSR count). The Balaban J connectivity index is 2.16. The van der Waals surface area contributed by atoms with Gasteiger partial charge in [-0.2, -0.15) is 4.39 Å². The van der Waals surface area contributed by atoms with Gasteiger partial charge in [0.15, 0.2) is 0 Å². The molecule has 2 aromatic rings. The van der Waals surface area contributed by atoms with Gasteiger partial charge in [0.05, 0.1) is 17.6 Å². The Morgan fingerprint density at radius 1 is 1.22 bits per heavy atom. The number of nitrogens with zero attached hydrogens (tertiary/aromatic N) is 1. The average molecular weight is 249 g/mol. The Hall–Kier alpha value is -2.50. The van der Waals surface area contributed by atoms with Crippen molar-refractivity contribution in [1.29, 1.82) is 0 Å². The number of aromatic nitrogens is 1. The lowest BCUT2D eigenvalue weighted by Crippen LogP contribution is -2.12. The fraction of sp³-hybridized carbons (Fsp3) is 0. The van der Waals surface area contributed by atoms with Crippen molar-refractivity contribution < 1.29 is 13.6 Å². The number of anilines is 2. The standard InChI is InChI=1S/C12H9F2N3O/c13-9-3-1-7(5-10(9)15)12(18)17-8-2-4-11(14)16-6-8/h1-6H,15H2,(H,17,18). The lowest BCUT2D eigenvalue weighted by Gasteiger charge is -2.05. The average Bonchev–Trinajstić information content (AvgIpc) is 2.35. The van der Waals surface area contributed by atoms with Gasteiger partial charge in [-0.25, -0.2) is 9.37 Å². The van der Waals surface area contributed by atoms with Crippen LogP contribution in [-0.2, 0) is 0 Å². The van der Waals surface area contributed by atoms with Crippen molar-refractivity contribution in [1.82, 2.24) is 4.98 Å². The van der Waals surface area contributed by atoms with Crippen LogP contribution in [-0.4, -0.2) is 10.9 Å². The molecule has 0 radical (unpaired) electrons. The second kappa shape index (κ2) is 4.79. The van der Waals surface area contributed by atoms with Gasteiger partial charge >= 0.3 is 0 Å². The molecule has 1 aromatic carbocycles. The Labute approximate surface area is 101 Å². The van der Waals surface area contributed by atoms with Crippen LogP contribution in [0.4, 0.5) is 20.2 Å². The molecular formula is C12H9F2N3O. The molecule has 0 saturated heterocycles. The zero-order valence-electron chi connectivity index (χ0n) is 9.15. The zero-order valence-corrected chi connectivity index (χ0v) is 9.15. The summed E-state index contributed by atoms with van der Waals surface area (Å²) in [6.45, 7) is 0. The van der Waals surface area contributed by atoms with E-state index in [1.54, 1.807) is 0 Å². The highest BCUT2D eigenvalue weighted by Gasteiger charge is 2.08. The molecule has 0 bridgehead atoms. The van der Waals surface area contributed by atoms with Crippen LogP contribution in [0, 0.1) is 11.8 Å². The lowest BCUT2D eigenvalue weighted by atomic mass is 10.2. The smallest absolute Gasteiger partial charge is 0.255 e. The number of rotatable bonds is 2. The fourth-order valence-corrected chi connectivity index (χ4v) is 1.34. The van der Waals surface area contributed by atoms with Gasteiger partial charge < -0.3 is 11.1 Å². The van der Waals surface area contributed by atoms with Crippen molar-refractivity contribution in [2.24, 2.45) is 0 Å². The monoisotopic (exact) mass is 249 g/mol. The maximum absolute atomic E-state index is 12.9. The van der Waals surface area contributed by atoms with Crippen molar-refractivity contribution in [3.63, 3.8) is 0 Å². The molecule has 0 aliphatic rings. The summed E-state index contributed by atoms with van der Waals surface area (Å²) in [4.78, 5) is 15.1. The van der Waals surface area contributed by atoms with Crippen LogP contribution >= 0.6 is 0 Å². The lowest BCUT2D eigenvalue weighted by molar-refractivity contribution is 0.102. The number of pyridine rings is 1. The van der Waals surface area contributed by atoms with E-state index in [-0.39, 0.29) is 11.3 Å². The van der Waals surface area contributed by atoms with Gasteiger partial charge in [0.2, 0.25) is 5.95 Å². The molecule has 0 unspecified atom stereocenters. The third-order valence-corrected chi connectivity index (χ3v) is 2.24. The first-order chi connectivity index (χ1) is 8.56. The first-order valence-corrected chi connectivity index (χ1v) is 5.04. The predicted molar refractivity (Wildman–Crippen MR) is 63.0 cm³/mol. The predicted octanol–water partition coefficient (Wildman–Crippen LogP) is 2.19. The van der Waals surface area contributed by atoms with Crippen LogP contribution in [0.5, 0.6) is 0 Å². The number of carbonyl (C=O) groups excluding carboxylic acids is 1. The molecule has 6 heteroatoms. The van der Waals surface area contributed by atoms with E-state index in [9.17, 15) is 13.6 Å². The second-order valence-corrected chi connectivity index (χ2v) is 3.56. The van der Waals surface area contributed by atoms with Crippen molar-refractivity contribution in [3.8, 4) is 0 Å². The van der Waals surface area contributed by atoms with E-state index in [0.717, 1.165) is 12.1 Å². The quantitative estimate of drug-likeness (QED) is 0.633. The highest BCUT2D eigenvalue weighted by Crippen LogP contribution is 2.14. The molecular weight excluding hydrogens is 240 g/mol. The summed E-state index contributed by atoms with van der Waals surface area (Å²) in [7, 11) is 0. The summed E-state index contributed by atoms with van der Waals surface area (Å²) in [5.74, 6) is -1.70. The Morgan fingerprint density at radius 3 is 2.61 bits per heavy atom. The van der Waals surface area contributed by atoms with Crippen LogP contribution in [0.3, 0.4) is 0 Å². The van der Waals surface area contributed by atoms with Gasteiger partial charge in [0.25, 0.3) is 5.91 Å². The molecule has 0 aliphatic heterocycles. The Morgan fingerprint density at radius 2 is 2.00 bits per heavy atom. The minimum Gasteiger partial charge on any atom is -0.396 e. The number of hydrogen-bond acceptors (Lipinski definition) is 3. The van der Waals surface area contributed by atoms with E-state index in [0.29, 0.717) is 5.69 Å². The topological polar surface area (TPSA) is 68.0 Å². The normalized spacial score (nSPS) is 10.1. The number of carbonyl (C=O) groups is 1. The van der Waals surface area contributed by atoms with Crippen LogP contribution in [0.25, 0.3) is 0 Å². The molecule has 0 saturated carbocycles. The minimum atomic E-state index is -0.640. The van der Waals surface area contributed by atoms with Gasteiger partial charge in [-0.05, 0) is 30.3 Å². The third-order valence-electron chi connectivity index (χ3n) is 2.24. The summed E-state index contributed by atoms with van der Waals surface area (Å²) in [6, 6.07) is 6.12. The van der Waals surface area contributed by atoms with E-state index in [2.05, 4.69) is 10.3 Å². The van der Waals surface area contributed by atoms with Crippen LogP contribution in [0.1, 0.15) is 10.4 Å². The van der Waals surface area contributed by atoms with E-state index < -0.39 is 17.7 Å². The molecule has 0 fully saturated rings. The van der Waals surface area contributed by atoms with Gasteiger partial charge in [-0.3, -0.25) is 4.79 Å². The molecule has 0 aliphatic carbocycles. The molecule has 1 heterocycles. The summed E-state index contributed by atoms with van der Waals surface area (Å²) < 4.78 is 25.5. The van der Waals surface area contributed by atoms with Gasteiger partial charge in [0.1, 0.15) is 5.82 Å². The maximum atomic E-state index is 12.9. The number of amides is 1. The summed E-state index contributed by atoms with van der Waals surface area (Å²) in [5.41, 5.74) is 5.79. The highest BCUT2D eigenvalue weighted by molar-refractivity contribution is 6.04. The van der Waals surface area contributed by atoms with Crippen LogP contribution in [0.2, 0.25) is 0 Å². The molecule has 0 spiro atoms. The maximum Gasteiger partial charge on any atom is 0.255 e. The molecule has 0 atom stereocenters. The number of nitrogens with one attached hydrogen (secondary N) is 1. The van der Waals surface area contributed by atoms with Crippen LogP contribution < -0.4 is 11.1 Å². The highest BCUT2D eigenvalue weighted by atomic mass is 19.1. The number of halogens is 2. The van der Waals surface area contributed by atoms with Gasteiger partial charge in [0, 0.05) is 5.56 Å². The summed E-state index contributed by atoms with van der Waals surface area (Å²) in [6.07, 6.45) is 1.18. The summed E-state index contributed by atoms with van der Waals surface area (Å²) >= 11 is 0. The molecule has 4 nitrogen and oxygen atoms in total. The SMILES string of the molecule is Nc1cc(C(=O)Nc2ccc(F)nc2)ccc1F. The molecule has 18 heavy (non-hydrogen) atoms. The van der Waals surface area contributed by atoms with Crippen molar-refractivity contribution in [3.05, 3.63) is 53.9 Å². The Kier molecular flexibility index (Phi) is 3.18. The van der Waals surface area contributed by atoms with Crippen molar-refractivity contribution in [2.75, 3.05) is 11.1 Å². The molecule has 3 N–H and O–H groups in total. The van der Waals surface area contributed by atoms with E-state index in [1.807, 2.05) is 0 Å². The summed E-state index contributed by atoms with van der Waals surface area (Å²) in [5, 5.41) is 2.49. The molecule has 1 amide bonds. The van der Waals surface area contributed by atoms with Gasteiger partial charge in [-0.1, -0.05) is 0 Å². The third kappa shape index (κ3) is 2.60. The molecule has 1 aromatic heterocycles. The first kappa shape index (κ1) is 12.0. The number of nitrogens with two attached hydrogens (primary N) is 1. The van der Waals surface area contributed by atoms with Crippen molar-refractivity contribution >= 4 is 17.3 Å². The van der Waals surface area contributed by atoms with E-state index in [4.69, 9.17) is 5.73 Å². The second-order valence-electron chi connectivity index (χ2n) is 3.56.